The van der Waals surface area contributed by atoms with Crippen molar-refractivity contribution in [2.45, 2.75) is 13.8 Å². The van der Waals surface area contributed by atoms with Gasteiger partial charge in [0.1, 0.15) is 5.75 Å². The van der Waals surface area contributed by atoms with Crippen molar-refractivity contribution in [2.75, 3.05) is 7.11 Å². The highest BCUT2D eigenvalue weighted by Crippen LogP contribution is 2.36. The molecule has 16 heavy (non-hydrogen) atoms. The molecule has 0 amide bonds. The lowest BCUT2D eigenvalue weighted by Crippen LogP contribution is -1.92. The lowest BCUT2D eigenvalue weighted by molar-refractivity contribution is 0.416. The first-order valence-corrected chi connectivity index (χ1v) is 6.37. The van der Waals surface area contributed by atoms with Gasteiger partial charge in [0, 0.05) is 0 Å². The number of aromatic nitrogens is 2. The Morgan fingerprint density at radius 2 is 2.00 bits per heavy atom. The van der Waals surface area contributed by atoms with E-state index in [4.69, 9.17) is 4.74 Å². The maximum Gasteiger partial charge on any atom is 0.183 e. The first-order chi connectivity index (χ1) is 7.61. The predicted molar refractivity (Wildman–Crippen MR) is 69.1 cm³/mol. The summed E-state index contributed by atoms with van der Waals surface area (Å²) in [4.78, 5) is 0. The Morgan fingerprint density at radius 3 is 2.56 bits per heavy atom. The molecule has 0 spiro atoms. The van der Waals surface area contributed by atoms with Crippen LogP contribution in [0.1, 0.15) is 11.1 Å². The Balaban J connectivity index is 2.63. The van der Waals surface area contributed by atoms with Crippen molar-refractivity contribution in [1.82, 2.24) is 10.2 Å². The molecule has 0 aliphatic heterocycles. The third-order valence-electron chi connectivity index (χ3n) is 2.28. The summed E-state index contributed by atoms with van der Waals surface area (Å²) in [5.41, 5.74) is 3.36. The number of hydrogen-bond donors (Lipinski definition) is 0. The number of methoxy groups -OCH3 is 1. The monoisotopic (exact) mass is 298 g/mol. The minimum Gasteiger partial charge on any atom is -0.496 e. The molecule has 0 saturated heterocycles. The van der Waals surface area contributed by atoms with E-state index in [2.05, 4.69) is 46.0 Å². The summed E-state index contributed by atoms with van der Waals surface area (Å²) >= 11 is 4.82. The SMILES string of the molecule is COc1cc(C)cc(C)c1-c1nnc(Br)s1. The lowest BCUT2D eigenvalue weighted by atomic mass is 10.0. The fraction of sp³-hybridized carbons (Fsp3) is 0.273. The van der Waals surface area contributed by atoms with Gasteiger partial charge in [-0.05, 0) is 47.0 Å². The molecule has 5 heteroatoms. The highest BCUT2D eigenvalue weighted by atomic mass is 79.9. The van der Waals surface area contributed by atoms with Gasteiger partial charge >= 0.3 is 0 Å². The maximum atomic E-state index is 5.39. The van der Waals surface area contributed by atoms with Gasteiger partial charge in [-0.15, -0.1) is 10.2 Å². The first-order valence-electron chi connectivity index (χ1n) is 4.76. The van der Waals surface area contributed by atoms with Crippen molar-refractivity contribution in [3.05, 3.63) is 27.2 Å². The number of rotatable bonds is 2. The molecule has 0 aliphatic carbocycles. The highest BCUT2D eigenvalue weighted by Gasteiger charge is 2.14. The van der Waals surface area contributed by atoms with Crippen LogP contribution < -0.4 is 4.74 Å². The number of hydrogen-bond acceptors (Lipinski definition) is 4. The van der Waals surface area contributed by atoms with Gasteiger partial charge in [0.05, 0.1) is 12.7 Å². The zero-order valence-electron chi connectivity index (χ0n) is 9.24. The minimum atomic E-state index is 0.782. The predicted octanol–water partition coefficient (Wildman–Crippen LogP) is 3.59. The quantitative estimate of drug-likeness (QED) is 0.850. The molecule has 1 aromatic carbocycles. The summed E-state index contributed by atoms with van der Waals surface area (Å²) in [6, 6.07) is 4.13. The topological polar surface area (TPSA) is 35.0 Å². The lowest BCUT2D eigenvalue weighted by Gasteiger charge is -2.10. The van der Waals surface area contributed by atoms with Crippen molar-refractivity contribution in [2.24, 2.45) is 0 Å². The van der Waals surface area contributed by atoms with Crippen molar-refractivity contribution >= 4 is 27.3 Å². The highest BCUT2D eigenvalue weighted by molar-refractivity contribution is 9.11. The van der Waals surface area contributed by atoms with Crippen LogP contribution in [0.25, 0.3) is 10.6 Å². The van der Waals surface area contributed by atoms with Crippen molar-refractivity contribution in [3.63, 3.8) is 0 Å². The molecule has 0 bridgehead atoms. The molecule has 2 rings (SSSR count). The van der Waals surface area contributed by atoms with E-state index >= 15 is 0 Å². The number of halogens is 1. The second kappa shape index (κ2) is 4.51. The van der Waals surface area contributed by atoms with Gasteiger partial charge in [-0.2, -0.15) is 0 Å². The molecule has 3 nitrogen and oxygen atoms in total. The van der Waals surface area contributed by atoms with Crippen LogP contribution in [0.15, 0.2) is 16.0 Å². The minimum absolute atomic E-state index is 0.782. The summed E-state index contributed by atoms with van der Waals surface area (Å²) in [5, 5.41) is 8.96. The van der Waals surface area contributed by atoms with Crippen LogP contribution in [0.2, 0.25) is 0 Å². The number of nitrogens with zero attached hydrogens (tertiary/aromatic N) is 2. The summed E-state index contributed by atoms with van der Waals surface area (Å²) in [5.74, 6) is 0.848. The van der Waals surface area contributed by atoms with E-state index in [9.17, 15) is 0 Å². The van der Waals surface area contributed by atoms with Crippen molar-refractivity contribution in [3.8, 4) is 16.3 Å². The average Bonchev–Trinajstić information content (AvgIpc) is 2.63. The van der Waals surface area contributed by atoms with E-state index in [1.54, 1.807) is 7.11 Å². The number of benzene rings is 1. The van der Waals surface area contributed by atoms with E-state index in [-0.39, 0.29) is 0 Å². The van der Waals surface area contributed by atoms with Crippen LogP contribution in [0, 0.1) is 13.8 Å². The molecule has 0 fully saturated rings. The van der Waals surface area contributed by atoms with Gasteiger partial charge in [-0.25, -0.2) is 0 Å². The summed E-state index contributed by atoms with van der Waals surface area (Å²) in [6.07, 6.45) is 0. The molecule has 0 saturated carbocycles. The summed E-state index contributed by atoms with van der Waals surface area (Å²) < 4.78 is 6.18. The normalized spacial score (nSPS) is 10.5. The van der Waals surface area contributed by atoms with Gasteiger partial charge in [0.25, 0.3) is 0 Å². The Labute approximate surface area is 107 Å². The molecule has 84 valence electrons. The maximum absolute atomic E-state index is 5.39. The van der Waals surface area contributed by atoms with Gasteiger partial charge in [0.15, 0.2) is 8.92 Å². The smallest absolute Gasteiger partial charge is 0.183 e. The van der Waals surface area contributed by atoms with Crippen LogP contribution >= 0.6 is 27.3 Å². The molecule has 1 aromatic heterocycles. The van der Waals surface area contributed by atoms with Gasteiger partial charge in [0.2, 0.25) is 0 Å². The van der Waals surface area contributed by atoms with E-state index in [1.165, 1.54) is 16.9 Å². The fourth-order valence-corrected chi connectivity index (χ4v) is 2.90. The molecule has 0 aliphatic rings. The third-order valence-corrected chi connectivity index (χ3v) is 3.65. The molecule has 2 aromatic rings. The van der Waals surface area contributed by atoms with E-state index in [0.717, 1.165) is 25.8 Å². The molecule has 0 unspecified atom stereocenters. The van der Waals surface area contributed by atoms with Crippen molar-refractivity contribution in [1.29, 1.82) is 0 Å². The summed E-state index contributed by atoms with van der Waals surface area (Å²) in [6.45, 7) is 4.11. The van der Waals surface area contributed by atoms with Gasteiger partial charge in [-0.3, -0.25) is 0 Å². The fourth-order valence-electron chi connectivity index (χ4n) is 1.67. The van der Waals surface area contributed by atoms with Gasteiger partial charge < -0.3 is 4.74 Å². The first kappa shape index (κ1) is 11.5. The largest absolute Gasteiger partial charge is 0.496 e. The second-order valence-corrected chi connectivity index (χ2v) is 5.77. The number of ether oxygens (including phenoxy) is 1. The molecule has 0 radical (unpaired) electrons. The zero-order chi connectivity index (χ0) is 11.7. The van der Waals surface area contributed by atoms with E-state index in [0.29, 0.717) is 0 Å². The molecule has 1 heterocycles. The number of aryl methyl sites for hydroxylation is 2. The summed E-state index contributed by atoms with van der Waals surface area (Å²) in [7, 11) is 1.67. The van der Waals surface area contributed by atoms with Crippen LogP contribution in [0.4, 0.5) is 0 Å². The molecular formula is C11H11BrN2OS. The standard InChI is InChI=1S/C11H11BrN2OS/c1-6-4-7(2)9(8(5-6)15-3)10-13-14-11(12)16-10/h4-5H,1-3H3. The van der Waals surface area contributed by atoms with E-state index in [1.807, 2.05) is 6.07 Å². The van der Waals surface area contributed by atoms with Crippen molar-refractivity contribution < 1.29 is 4.74 Å². The van der Waals surface area contributed by atoms with Crippen LogP contribution in [0.5, 0.6) is 5.75 Å². The zero-order valence-corrected chi connectivity index (χ0v) is 11.6. The van der Waals surface area contributed by atoms with Crippen LogP contribution in [-0.4, -0.2) is 17.3 Å². The van der Waals surface area contributed by atoms with E-state index < -0.39 is 0 Å². The Morgan fingerprint density at radius 1 is 1.25 bits per heavy atom. The third kappa shape index (κ3) is 2.10. The van der Waals surface area contributed by atoms with Crippen LogP contribution in [0.3, 0.4) is 0 Å². The molecule has 0 atom stereocenters. The Hall–Kier alpha value is -0.940. The Bertz CT molecular complexity index is 525. The Kier molecular flexibility index (Phi) is 3.25. The van der Waals surface area contributed by atoms with Gasteiger partial charge in [-0.1, -0.05) is 17.4 Å². The van der Waals surface area contributed by atoms with Crippen LogP contribution in [-0.2, 0) is 0 Å². The average molecular weight is 299 g/mol. The molecular weight excluding hydrogens is 288 g/mol. The second-order valence-electron chi connectivity index (χ2n) is 3.52. The molecule has 0 N–H and O–H groups in total.